The molecule has 0 N–H and O–H groups in total. The zero-order valence-electron chi connectivity index (χ0n) is 13.9. The van der Waals surface area contributed by atoms with Crippen molar-refractivity contribution in [2.75, 3.05) is 4.90 Å². The third-order valence-electron chi connectivity index (χ3n) is 3.15. The molecule has 3 aromatic rings. The highest BCUT2D eigenvalue weighted by Gasteiger charge is 2.28. The van der Waals surface area contributed by atoms with E-state index in [1.54, 1.807) is 55.9 Å². The van der Waals surface area contributed by atoms with Gasteiger partial charge in [0.05, 0.1) is 12.8 Å². The van der Waals surface area contributed by atoms with E-state index < -0.39 is 11.7 Å². The number of nitrogens with zero attached hydrogens (tertiary/aromatic N) is 4. The van der Waals surface area contributed by atoms with Crippen molar-refractivity contribution in [2.24, 2.45) is 0 Å². The Morgan fingerprint density at radius 2 is 2.24 bits per heavy atom. The zero-order valence-corrected chi connectivity index (χ0v) is 16.2. The van der Waals surface area contributed by atoms with Crippen LogP contribution in [0.25, 0.3) is 5.52 Å². The average Bonchev–Trinajstić information content (AvgIpc) is 3.10. The Bertz CT molecular complexity index is 902. The molecule has 25 heavy (non-hydrogen) atoms. The maximum absolute atomic E-state index is 12.8. The molecule has 3 heterocycles. The van der Waals surface area contributed by atoms with Crippen LogP contribution in [0.5, 0.6) is 0 Å². The monoisotopic (exact) mass is 426 g/mol. The first kappa shape index (κ1) is 17.8. The molecule has 3 aromatic heterocycles. The number of ether oxygens (including phenoxy) is 1. The highest BCUT2D eigenvalue weighted by molar-refractivity contribution is 9.10. The van der Waals surface area contributed by atoms with Crippen molar-refractivity contribution in [1.29, 1.82) is 0 Å². The van der Waals surface area contributed by atoms with E-state index in [1.165, 1.54) is 4.90 Å². The van der Waals surface area contributed by atoms with Crippen LogP contribution in [0, 0.1) is 0 Å². The van der Waals surface area contributed by atoms with Crippen molar-refractivity contribution < 1.29 is 13.9 Å². The number of fused-ring (bicyclic) bond motifs is 1. The van der Waals surface area contributed by atoms with Gasteiger partial charge in [0.25, 0.3) is 0 Å². The number of furan rings is 1. The van der Waals surface area contributed by atoms with Crippen LogP contribution < -0.4 is 4.90 Å². The summed E-state index contributed by atoms with van der Waals surface area (Å²) in [6.07, 6.45) is 2.71. The number of rotatable bonds is 3. The van der Waals surface area contributed by atoms with E-state index in [1.807, 2.05) is 0 Å². The van der Waals surface area contributed by atoms with Crippen molar-refractivity contribution in [1.82, 2.24) is 14.6 Å². The minimum absolute atomic E-state index is 0.0126. The minimum Gasteiger partial charge on any atom is -0.467 e. The predicted molar refractivity (Wildman–Crippen MR) is 96.8 cm³/mol. The molecule has 0 atom stereocenters. The van der Waals surface area contributed by atoms with Crippen LogP contribution in [-0.4, -0.2) is 26.3 Å². The molecule has 0 aliphatic rings. The third kappa shape index (κ3) is 4.13. The molecule has 0 aromatic carbocycles. The number of amides is 1. The van der Waals surface area contributed by atoms with E-state index in [-0.39, 0.29) is 11.8 Å². The first-order valence-electron chi connectivity index (χ1n) is 7.47. The van der Waals surface area contributed by atoms with Crippen molar-refractivity contribution in [3.05, 3.63) is 46.2 Å². The fourth-order valence-corrected chi connectivity index (χ4v) is 2.80. The molecule has 0 aliphatic heterocycles. The quantitative estimate of drug-likeness (QED) is 0.607. The lowest BCUT2D eigenvalue weighted by Crippen LogP contribution is -2.37. The Kier molecular flexibility index (Phi) is 4.75. The van der Waals surface area contributed by atoms with Crippen molar-refractivity contribution in [2.45, 2.75) is 32.9 Å². The zero-order chi connectivity index (χ0) is 18.2. The van der Waals surface area contributed by atoms with Crippen molar-refractivity contribution >= 4 is 45.0 Å². The topological polar surface area (TPSA) is 72.9 Å². The molecule has 0 fully saturated rings. The second-order valence-corrected chi connectivity index (χ2v) is 7.59. The molecular weight excluding hydrogens is 412 g/mol. The van der Waals surface area contributed by atoms with Gasteiger partial charge in [0, 0.05) is 10.7 Å². The van der Waals surface area contributed by atoms with Crippen LogP contribution in [0.4, 0.5) is 10.6 Å². The second-order valence-electron chi connectivity index (χ2n) is 6.34. The molecular formula is C16H16BrClN4O3. The lowest BCUT2D eigenvalue weighted by atomic mass is 10.2. The van der Waals surface area contributed by atoms with Crippen molar-refractivity contribution in [3.63, 3.8) is 0 Å². The van der Waals surface area contributed by atoms with Crippen LogP contribution in [0.3, 0.4) is 0 Å². The average molecular weight is 428 g/mol. The van der Waals surface area contributed by atoms with E-state index in [4.69, 9.17) is 20.8 Å². The van der Waals surface area contributed by atoms with E-state index >= 15 is 0 Å². The Hall–Kier alpha value is -2.06. The van der Waals surface area contributed by atoms with Gasteiger partial charge in [-0.2, -0.15) is 4.98 Å². The first-order valence-corrected chi connectivity index (χ1v) is 8.64. The maximum atomic E-state index is 12.8. The number of carbonyl (C=O) groups is 1. The fourth-order valence-electron chi connectivity index (χ4n) is 2.23. The van der Waals surface area contributed by atoms with Crippen LogP contribution >= 0.6 is 27.5 Å². The number of hydrogen-bond donors (Lipinski definition) is 0. The van der Waals surface area contributed by atoms with Crippen LogP contribution in [0.15, 0.2) is 39.5 Å². The SMILES string of the molecule is CC(C)(C)OC(=O)N(Cc1ccco1)c1nc(Cl)nn2cc(Br)cc12. The summed E-state index contributed by atoms with van der Waals surface area (Å²) < 4.78 is 13.2. The van der Waals surface area contributed by atoms with Crippen LogP contribution in [-0.2, 0) is 11.3 Å². The Morgan fingerprint density at radius 1 is 1.48 bits per heavy atom. The highest BCUT2D eigenvalue weighted by atomic mass is 79.9. The number of hydrogen-bond acceptors (Lipinski definition) is 5. The minimum atomic E-state index is -0.659. The molecule has 0 bridgehead atoms. The van der Waals surface area contributed by atoms with Gasteiger partial charge in [0.2, 0.25) is 5.28 Å². The van der Waals surface area contributed by atoms with E-state index in [0.717, 1.165) is 4.47 Å². The van der Waals surface area contributed by atoms with Gasteiger partial charge in [-0.05, 0) is 66.5 Å². The Balaban J connectivity index is 2.09. The normalized spacial score (nSPS) is 11.7. The summed E-state index contributed by atoms with van der Waals surface area (Å²) in [5.41, 5.74) is -0.0533. The summed E-state index contributed by atoms with van der Waals surface area (Å²) in [6, 6.07) is 5.32. The summed E-state index contributed by atoms with van der Waals surface area (Å²) in [5, 5.41) is 4.12. The van der Waals surface area contributed by atoms with E-state index in [9.17, 15) is 4.79 Å². The van der Waals surface area contributed by atoms with E-state index in [2.05, 4.69) is 26.0 Å². The predicted octanol–water partition coefficient (Wildman–Crippen LogP) is 4.68. The molecule has 1 amide bonds. The number of anilines is 1. The van der Waals surface area contributed by atoms with Gasteiger partial charge < -0.3 is 9.15 Å². The summed E-state index contributed by atoms with van der Waals surface area (Å²) in [5.74, 6) is 0.917. The number of carbonyl (C=O) groups excluding carboxylic acids is 1. The molecule has 132 valence electrons. The summed E-state index contributed by atoms with van der Waals surface area (Å²) in [7, 11) is 0. The Morgan fingerprint density at radius 3 is 2.88 bits per heavy atom. The van der Waals surface area contributed by atoms with Gasteiger partial charge in [0.1, 0.15) is 16.9 Å². The maximum Gasteiger partial charge on any atom is 0.416 e. The van der Waals surface area contributed by atoms with Gasteiger partial charge in [-0.15, -0.1) is 5.10 Å². The van der Waals surface area contributed by atoms with E-state index in [0.29, 0.717) is 17.1 Å². The largest absolute Gasteiger partial charge is 0.467 e. The molecule has 7 nitrogen and oxygen atoms in total. The lowest BCUT2D eigenvalue weighted by molar-refractivity contribution is 0.0574. The first-order chi connectivity index (χ1) is 11.7. The highest BCUT2D eigenvalue weighted by Crippen LogP contribution is 2.27. The van der Waals surface area contributed by atoms with Gasteiger partial charge in [-0.3, -0.25) is 4.90 Å². The summed E-state index contributed by atoms with van der Waals surface area (Å²) in [6.45, 7) is 5.54. The standard InChI is InChI=1S/C16H16BrClN4O3/c1-16(2,3)25-15(23)21(9-11-5-4-6-24-11)13-12-7-10(17)8-22(12)20-14(18)19-13/h4-8H,9H2,1-3H3. The Labute approximate surface area is 157 Å². The van der Waals surface area contributed by atoms with Gasteiger partial charge in [-0.25, -0.2) is 9.31 Å². The molecule has 0 radical (unpaired) electrons. The molecule has 0 aliphatic carbocycles. The van der Waals surface area contributed by atoms with Gasteiger partial charge in [-0.1, -0.05) is 0 Å². The molecule has 9 heteroatoms. The molecule has 0 unspecified atom stereocenters. The molecule has 0 saturated carbocycles. The second kappa shape index (κ2) is 6.68. The number of aromatic nitrogens is 3. The smallest absolute Gasteiger partial charge is 0.416 e. The summed E-state index contributed by atoms with van der Waals surface area (Å²) >= 11 is 9.43. The van der Waals surface area contributed by atoms with Gasteiger partial charge >= 0.3 is 6.09 Å². The molecule has 0 spiro atoms. The molecule has 3 rings (SSSR count). The van der Waals surface area contributed by atoms with Crippen LogP contribution in [0.2, 0.25) is 5.28 Å². The molecule has 0 saturated heterocycles. The lowest BCUT2D eigenvalue weighted by Gasteiger charge is -2.26. The van der Waals surface area contributed by atoms with Gasteiger partial charge in [0.15, 0.2) is 5.82 Å². The number of halogens is 2. The summed E-state index contributed by atoms with van der Waals surface area (Å²) in [4.78, 5) is 18.4. The van der Waals surface area contributed by atoms with Crippen molar-refractivity contribution in [3.8, 4) is 0 Å². The fraction of sp³-hybridized carbons (Fsp3) is 0.312. The van der Waals surface area contributed by atoms with Crippen LogP contribution in [0.1, 0.15) is 26.5 Å². The third-order valence-corrected chi connectivity index (χ3v) is 3.74.